The number of rotatable bonds is 4. The maximum absolute atomic E-state index is 12.4. The molecule has 0 unspecified atom stereocenters. The van der Waals surface area contributed by atoms with Gasteiger partial charge in [-0.25, -0.2) is 0 Å². The Hall–Kier alpha value is -1.39. The van der Waals surface area contributed by atoms with E-state index in [0.29, 0.717) is 30.5 Å². The van der Waals surface area contributed by atoms with E-state index in [2.05, 4.69) is 6.92 Å². The third-order valence-electron chi connectivity index (χ3n) is 7.71. The van der Waals surface area contributed by atoms with Gasteiger partial charge in [-0.1, -0.05) is 13.8 Å². The van der Waals surface area contributed by atoms with Crippen LogP contribution in [0.1, 0.15) is 65.2 Å². The molecule has 0 aliphatic heterocycles. The molecule has 0 saturated heterocycles. The molecule has 0 aromatic rings. The molecule has 24 heavy (non-hydrogen) atoms. The van der Waals surface area contributed by atoms with Crippen LogP contribution in [0.2, 0.25) is 0 Å². The Kier molecular flexibility index (Phi) is 4.25. The monoisotopic (exact) mass is 334 g/mol. The van der Waals surface area contributed by atoms with E-state index in [4.69, 9.17) is 0 Å². The molecule has 0 heterocycles. The third-order valence-corrected chi connectivity index (χ3v) is 7.71. The first-order valence-corrected chi connectivity index (χ1v) is 9.11. The van der Waals surface area contributed by atoms with Gasteiger partial charge < -0.3 is 19.8 Å². The van der Waals surface area contributed by atoms with Crippen LogP contribution in [0.3, 0.4) is 0 Å². The van der Waals surface area contributed by atoms with Crippen LogP contribution in [0.15, 0.2) is 0 Å². The molecule has 0 aromatic carbocycles. The fourth-order valence-corrected chi connectivity index (χ4v) is 6.43. The highest BCUT2D eigenvalue weighted by Crippen LogP contribution is 2.64. The summed E-state index contributed by atoms with van der Waals surface area (Å²) in [5, 5.41) is 22.6. The molecule has 5 nitrogen and oxygen atoms in total. The van der Waals surface area contributed by atoms with Crippen molar-refractivity contribution in [2.24, 2.45) is 34.5 Å². The van der Waals surface area contributed by atoms with Crippen molar-refractivity contribution in [1.82, 2.24) is 0 Å². The van der Waals surface area contributed by atoms with Gasteiger partial charge in [0.15, 0.2) is 0 Å². The van der Waals surface area contributed by atoms with E-state index < -0.39 is 17.4 Å². The number of hydrogen-bond acceptors (Lipinski definition) is 5. The van der Waals surface area contributed by atoms with Crippen LogP contribution in [0.25, 0.3) is 0 Å². The Morgan fingerprint density at radius 3 is 2.38 bits per heavy atom. The fourth-order valence-electron chi connectivity index (χ4n) is 6.43. The van der Waals surface area contributed by atoms with Gasteiger partial charge in [0.05, 0.1) is 0 Å². The number of ketones is 1. The minimum atomic E-state index is -1.11. The van der Waals surface area contributed by atoms with E-state index in [0.717, 1.165) is 25.7 Å². The smallest absolute Gasteiger partial charge is 0.139 e. The van der Waals surface area contributed by atoms with Gasteiger partial charge in [-0.3, -0.25) is 4.79 Å². The van der Waals surface area contributed by atoms with Gasteiger partial charge in [0.1, 0.15) is 5.78 Å². The second-order valence-corrected chi connectivity index (χ2v) is 8.70. The van der Waals surface area contributed by atoms with Crippen LogP contribution in [0.5, 0.6) is 0 Å². The molecule has 3 aliphatic rings. The first-order chi connectivity index (χ1) is 11.2. The van der Waals surface area contributed by atoms with Crippen LogP contribution < -0.4 is 10.2 Å². The van der Waals surface area contributed by atoms with E-state index in [1.807, 2.05) is 6.92 Å². The Labute approximate surface area is 142 Å². The van der Waals surface area contributed by atoms with E-state index in [1.54, 1.807) is 0 Å². The molecular weight excluding hydrogens is 308 g/mol. The van der Waals surface area contributed by atoms with Crippen molar-refractivity contribution in [1.29, 1.82) is 0 Å². The number of fused-ring (bicyclic) bond motifs is 3. The van der Waals surface area contributed by atoms with Crippen LogP contribution in [0.4, 0.5) is 0 Å². The summed E-state index contributed by atoms with van der Waals surface area (Å²) >= 11 is 0. The molecule has 5 heteroatoms. The lowest BCUT2D eigenvalue weighted by molar-refractivity contribution is -0.315. The minimum absolute atomic E-state index is 0.0894. The quantitative estimate of drug-likeness (QED) is 0.753. The summed E-state index contributed by atoms with van der Waals surface area (Å²) in [6.45, 7) is 4.00. The highest BCUT2D eigenvalue weighted by molar-refractivity contribution is 5.87. The number of carbonyl (C=O) groups excluding carboxylic acids is 3. The molecule has 3 aliphatic carbocycles. The summed E-state index contributed by atoms with van der Waals surface area (Å²) in [6.07, 6.45) is 4.50. The number of Topliss-reactive ketones (excluding diaryl/α,β-unsaturated/α-hetero) is 1. The van der Waals surface area contributed by atoms with Crippen molar-refractivity contribution in [3.63, 3.8) is 0 Å². The zero-order valence-electron chi connectivity index (χ0n) is 14.5. The van der Waals surface area contributed by atoms with Crippen LogP contribution in [0, 0.1) is 34.5 Å². The predicted octanol–water partition coefficient (Wildman–Crippen LogP) is 0.694. The van der Waals surface area contributed by atoms with Gasteiger partial charge >= 0.3 is 0 Å². The summed E-state index contributed by atoms with van der Waals surface area (Å²) in [5.74, 6) is -1.28. The van der Waals surface area contributed by atoms with Crippen molar-refractivity contribution in [2.45, 2.75) is 65.2 Å². The van der Waals surface area contributed by atoms with Gasteiger partial charge in [0.2, 0.25) is 0 Å². The first-order valence-electron chi connectivity index (χ1n) is 9.11. The number of carbonyl (C=O) groups is 3. The van der Waals surface area contributed by atoms with Gasteiger partial charge in [-0.05, 0) is 74.0 Å². The molecule has 0 amide bonds. The maximum atomic E-state index is 12.4. The fraction of sp³-hybridized carbons (Fsp3) is 0.842. The summed E-state index contributed by atoms with van der Waals surface area (Å²) in [6, 6.07) is 0. The molecule has 0 radical (unpaired) electrons. The van der Waals surface area contributed by atoms with Gasteiger partial charge in [-0.15, -0.1) is 0 Å². The standard InChI is InChI=1S/C19H28O5/c1-18-8-7-14-12(13(18)5-6-15(18)20)4-3-11(9-16(21)22)19(14,2)10-17(23)24/h11-14H,3-10H2,1-2H3,(H,21,22)(H,23,24)/p-2/t11-,12-,13-,14+,18-,19-/m0/s1. The Bertz CT molecular complexity index is 570. The molecular formula is C19H26O5-2. The Balaban J connectivity index is 1.92. The second-order valence-electron chi connectivity index (χ2n) is 8.70. The van der Waals surface area contributed by atoms with Crippen molar-refractivity contribution in [2.75, 3.05) is 0 Å². The maximum Gasteiger partial charge on any atom is 0.139 e. The zero-order chi connectivity index (χ0) is 17.7. The highest BCUT2D eigenvalue weighted by atomic mass is 16.4. The molecule has 0 aromatic heterocycles. The van der Waals surface area contributed by atoms with E-state index in [1.165, 1.54) is 0 Å². The number of carboxylic acids is 2. The van der Waals surface area contributed by atoms with E-state index in [9.17, 15) is 24.6 Å². The Morgan fingerprint density at radius 2 is 1.75 bits per heavy atom. The molecule has 0 spiro atoms. The van der Waals surface area contributed by atoms with E-state index in [-0.39, 0.29) is 30.1 Å². The average Bonchev–Trinajstić information content (AvgIpc) is 2.77. The molecule has 134 valence electrons. The summed E-state index contributed by atoms with van der Waals surface area (Å²) < 4.78 is 0. The third kappa shape index (κ3) is 2.56. The molecule has 0 bridgehead atoms. The number of carboxylic acid groups (broad SMARTS) is 2. The average molecular weight is 334 g/mol. The van der Waals surface area contributed by atoms with Crippen LogP contribution >= 0.6 is 0 Å². The molecule has 0 N–H and O–H groups in total. The van der Waals surface area contributed by atoms with Crippen molar-refractivity contribution < 1.29 is 24.6 Å². The lowest BCUT2D eigenvalue weighted by Crippen LogP contribution is -2.54. The van der Waals surface area contributed by atoms with Gasteiger partial charge in [0.25, 0.3) is 0 Å². The van der Waals surface area contributed by atoms with Gasteiger partial charge in [-0.2, -0.15) is 0 Å². The molecule has 6 atom stereocenters. The Morgan fingerprint density at radius 1 is 1.04 bits per heavy atom. The first kappa shape index (κ1) is 17.4. The largest absolute Gasteiger partial charge is 0.550 e. The van der Waals surface area contributed by atoms with Crippen molar-refractivity contribution >= 4 is 17.7 Å². The number of hydrogen-bond donors (Lipinski definition) is 0. The predicted molar refractivity (Wildman–Crippen MR) is 82.1 cm³/mol. The zero-order valence-corrected chi connectivity index (χ0v) is 14.5. The second kappa shape index (κ2) is 5.85. The normalized spacial score (nSPS) is 44.7. The highest BCUT2D eigenvalue weighted by Gasteiger charge is 2.59. The molecule has 3 saturated carbocycles. The summed E-state index contributed by atoms with van der Waals surface area (Å²) in [5.41, 5.74) is -0.848. The summed E-state index contributed by atoms with van der Waals surface area (Å²) in [4.78, 5) is 34.9. The molecule has 3 fully saturated rings. The number of aliphatic carboxylic acids is 2. The van der Waals surface area contributed by atoms with Crippen LogP contribution in [-0.4, -0.2) is 17.7 Å². The molecule has 3 rings (SSSR count). The van der Waals surface area contributed by atoms with Gasteiger partial charge in [0, 0.05) is 23.8 Å². The van der Waals surface area contributed by atoms with Crippen LogP contribution in [-0.2, 0) is 14.4 Å². The SMILES string of the molecule is C[C@]1(CC(=O)[O-])[C@H](CC(=O)[O-])CC[C@@H]2[C@H]1CC[C@]1(C)C(=O)CC[C@@H]21. The van der Waals surface area contributed by atoms with E-state index >= 15 is 0 Å². The lowest BCUT2D eigenvalue weighted by atomic mass is 9.46. The minimum Gasteiger partial charge on any atom is -0.550 e. The summed E-state index contributed by atoms with van der Waals surface area (Å²) in [7, 11) is 0. The lowest BCUT2D eigenvalue weighted by Gasteiger charge is -2.58. The van der Waals surface area contributed by atoms with Crippen molar-refractivity contribution in [3.8, 4) is 0 Å². The van der Waals surface area contributed by atoms with Crippen molar-refractivity contribution in [3.05, 3.63) is 0 Å². The topological polar surface area (TPSA) is 97.3 Å².